The fourth-order valence-corrected chi connectivity index (χ4v) is 2.94. The molecule has 0 heterocycles. The zero-order valence-corrected chi connectivity index (χ0v) is 17.9. The molecule has 0 amide bonds. The van der Waals surface area contributed by atoms with Crippen molar-refractivity contribution < 1.29 is 25.2 Å². The molecule has 5 nitrogen and oxygen atoms in total. The first-order valence-corrected chi connectivity index (χ1v) is 9.99. The third kappa shape index (κ3) is 6.22. The van der Waals surface area contributed by atoms with E-state index in [1.165, 1.54) is 12.1 Å². The van der Waals surface area contributed by atoms with E-state index in [9.17, 15) is 25.2 Å². The summed E-state index contributed by atoms with van der Waals surface area (Å²) in [6.45, 7) is 7.70. The molecule has 0 saturated heterocycles. The number of rotatable bonds is 8. The predicted octanol–water partition coefficient (Wildman–Crippen LogP) is 4.77. The summed E-state index contributed by atoms with van der Waals surface area (Å²) < 4.78 is 0. The molecule has 0 aromatic heterocycles. The van der Waals surface area contributed by atoms with Crippen LogP contribution < -0.4 is 0 Å². The molecule has 0 aliphatic heterocycles. The Balaban J connectivity index is 2.32. The lowest BCUT2D eigenvalue weighted by molar-refractivity contribution is 0.104. The Morgan fingerprint density at radius 1 is 1.00 bits per heavy atom. The summed E-state index contributed by atoms with van der Waals surface area (Å²) in [5.74, 6) is -0.754. The van der Waals surface area contributed by atoms with Crippen LogP contribution in [0.4, 0.5) is 0 Å². The number of phenols is 3. The molecule has 30 heavy (non-hydrogen) atoms. The van der Waals surface area contributed by atoms with E-state index in [-0.39, 0.29) is 35.2 Å². The first-order valence-electron chi connectivity index (χ1n) is 9.99. The van der Waals surface area contributed by atoms with Crippen molar-refractivity contribution in [1.29, 1.82) is 0 Å². The third-order valence-electron chi connectivity index (χ3n) is 4.93. The highest BCUT2D eigenvalue weighted by Gasteiger charge is 2.17. The zero-order chi connectivity index (χ0) is 22.4. The smallest absolute Gasteiger partial charge is 0.189 e. The first kappa shape index (κ1) is 23.2. The second kappa shape index (κ2) is 10.1. The number of hydrogen-bond donors (Lipinski definition) is 4. The molecule has 160 valence electrons. The highest BCUT2D eigenvalue weighted by atomic mass is 16.3. The Labute approximate surface area is 177 Å². The summed E-state index contributed by atoms with van der Waals surface area (Å²) in [5, 5.41) is 40.1. The van der Waals surface area contributed by atoms with Crippen molar-refractivity contribution in [2.45, 2.75) is 46.6 Å². The minimum absolute atomic E-state index is 0.00836. The molecular weight excluding hydrogens is 380 g/mol. The van der Waals surface area contributed by atoms with Gasteiger partial charge in [0, 0.05) is 12.5 Å². The van der Waals surface area contributed by atoms with Crippen molar-refractivity contribution in [3.63, 3.8) is 0 Å². The van der Waals surface area contributed by atoms with Gasteiger partial charge in [-0.2, -0.15) is 0 Å². The van der Waals surface area contributed by atoms with Gasteiger partial charge in [0.05, 0.1) is 11.7 Å². The molecule has 2 rings (SSSR count). The fourth-order valence-electron chi connectivity index (χ4n) is 2.94. The topological polar surface area (TPSA) is 98.0 Å². The predicted molar refractivity (Wildman–Crippen MR) is 119 cm³/mol. The average Bonchev–Trinajstić information content (AvgIpc) is 2.67. The van der Waals surface area contributed by atoms with E-state index in [2.05, 4.69) is 0 Å². The SMILES string of the molecule is CC(C)=CCc1cc(O)ccc1C=CC(=O)c1cc(CC(O)C(C)C)c(O)cc1O. The van der Waals surface area contributed by atoms with Gasteiger partial charge in [-0.1, -0.05) is 37.6 Å². The van der Waals surface area contributed by atoms with E-state index in [4.69, 9.17) is 0 Å². The zero-order valence-electron chi connectivity index (χ0n) is 17.9. The van der Waals surface area contributed by atoms with Gasteiger partial charge >= 0.3 is 0 Å². The number of carbonyl (C=O) groups is 1. The largest absolute Gasteiger partial charge is 0.508 e. The number of aliphatic hydroxyl groups excluding tert-OH is 1. The van der Waals surface area contributed by atoms with Gasteiger partial charge in [0.15, 0.2) is 5.78 Å². The number of ketones is 1. The molecule has 2 aromatic carbocycles. The molecule has 0 spiro atoms. The molecule has 0 fully saturated rings. The molecule has 0 aliphatic carbocycles. The molecule has 2 aromatic rings. The molecule has 1 unspecified atom stereocenters. The average molecular weight is 411 g/mol. The summed E-state index contributed by atoms with van der Waals surface area (Å²) >= 11 is 0. The number of benzene rings is 2. The van der Waals surface area contributed by atoms with E-state index in [0.717, 1.165) is 22.8 Å². The van der Waals surface area contributed by atoms with Crippen LogP contribution in [-0.4, -0.2) is 32.3 Å². The first-order chi connectivity index (χ1) is 14.1. The number of carbonyl (C=O) groups excluding carboxylic acids is 1. The Morgan fingerprint density at radius 2 is 1.70 bits per heavy atom. The van der Waals surface area contributed by atoms with Crippen molar-refractivity contribution >= 4 is 11.9 Å². The van der Waals surface area contributed by atoms with Gasteiger partial charge in [-0.05, 0) is 67.2 Å². The van der Waals surface area contributed by atoms with Crippen molar-refractivity contribution in [2.75, 3.05) is 0 Å². The summed E-state index contributed by atoms with van der Waals surface area (Å²) in [6, 6.07) is 7.50. The summed E-state index contributed by atoms with van der Waals surface area (Å²) in [5.41, 5.74) is 3.26. The van der Waals surface area contributed by atoms with Crippen LogP contribution in [0, 0.1) is 5.92 Å². The van der Waals surface area contributed by atoms with Crippen LogP contribution in [0.3, 0.4) is 0 Å². The van der Waals surface area contributed by atoms with E-state index < -0.39 is 11.9 Å². The van der Waals surface area contributed by atoms with Gasteiger partial charge in [-0.3, -0.25) is 4.79 Å². The Kier molecular flexibility index (Phi) is 7.84. The van der Waals surface area contributed by atoms with E-state index in [1.807, 2.05) is 33.8 Å². The van der Waals surface area contributed by atoms with Gasteiger partial charge in [0.1, 0.15) is 17.2 Å². The second-order valence-corrected chi connectivity index (χ2v) is 8.08. The van der Waals surface area contributed by atoms with Gasteiger partial charge in [-0.25, -0.2) is 0 Å². The maximum atomic E-state index is 12.7. The second-order valence-electron chi connectivity index (χ2n) is 8.08. The number of phenolic OH excluding ortho intramolecular Hbond substituents is 3. The highest BCUT2D eigenvalue weighted by molar-refractivity contribution is 6.08. The van der Waals surface area contributed by atoms with E-state index in [0.29, 0.717) is 12.0 Å². The van der Waals surface area contributed by atoms with Crippen molar-refractivity contribution in [1.82, 2.24) is 0 Å². The summed E-state index contributed by atoms with van der Waals surface area (Å²) in [7, 11) is 0. The molecule has 1 atom stereocenters. The molecule has 0 radical (unpaired) electrons. The fraction of sp³-hybridized carbons (Fsp3) is 0.320. The van der Waals surface area contributed by atoms with Crippen LogP contribution in [0.15, 0.2) is 48.1 Å². The maximum absolute atomic E-state index is 12.7. The highest BCUT2D eigenvalue weighted by Crippen LogP contribution is 2.30. The van der Waals surface area contributed by atoms with Crippen LogP contribution in [-0.2, 0) is 12.8 Å². The Bertz CT molecular complexity index is 966. The van der Waals surface area contributed by atoms with Crippen LogP contribution in [0.25, 0.3) is 6.08 Å². The lowest BCUT2D eigenvalue weighted by Crippen LogP contribution is -2.17. The van der Waals surface area contributed by atoms with Crippen molar-refractivity contribution in [3.05, 3.63) is 70.3 Å². The summed E-state index contributed by atoms with van der Waals surface area (Å²) in [6.07, 6.45) is 5.16. The maximum Gasteiger partial charge on any atom is 0.189 e. The minimum atomic E-state index is -0.673. The number of allylic oxidation sites excluding steroid dienone is 3. The van der Waals surface area contributed by atoms with Crippen LogP contribution >= 0.6 is 0 Å². The molecule has 4 N–H and O–H groups in total. The summed E-state index contributed by atoms with van der Waals surface area (Å²) in [4.78, 5) is 12.7. The molecule has 0 saturated carbocycles. The minimum Gasteiger partial charge on any atom is -0.508 e. The lowest BCUT2D eigenvalue weighted by Gasteiger charge is -2.16. The van der Waals surface area contributed by atoms with E-state index >= 15 is 0 Å². The van der Waals surface area contributed by atoms with Crippen LogP contribution in [0.2, 0.25) is 0 Å². The number of hydrogen-bond acceptors (Lipinski definition) is 5. The van der Waals surface area contributed by atoms with Crippen LogP contribution in [0.1, 0.15) is 54.7 Å². The quantitative estimate of drug-likeness (QED) is 0.286. The molecule has 5 heteroatoms. The monoisotopic (exact) mass is 410 g/mol. The van der Waals surface area contributed by atoms with E-state index in [1.54, 1.807) is 24.3 Å². The molecule has 0 bridgehead atoms. The normalized spacial score (nSPS) is 12.3. The van der Waals surface area contributed by atoms with Crippen LogP contribution in [0.5, 0.6) is 17.2 Å². The molecule has 0 aliphatic rings. The Morgan fingerprint density at radius 3 is 2.33 bits per heavy atom. The van der Waals surface area contributed by atoms with Gasteiger partial charge in [-0.15, -0.1) is 0 Å². The molecular formula is C25H30O5. The van der Waals surface area contributed by atoms with Crippen molar-refractivity contribution in [2.24, 2.45) is 5.92 Å². The van der Waals surface area contributed by atoms with Gasteiger partial charge < -0.3 is 20.4 Å². The van der Waals surface area contributed by atoms with Gasteiger partial charge in [0.25, 0.3) is 0 Å². The third-order valence-corrected chi connectivity index (χ3v) is 4.93. The van der Waals surface area contributed by atoms with Gasteiger partial charge in [0.2, 0.25) is 0 Å². The number of aliphatic hydroxyl groups is 1. The standard InChI is InChI=1S/C25H30O5/c1-15(2)5-6-18-11-20(26)9-7-17(18)8-10-22(27)21-12-19(13-23(28)16(3)4)24(29)14-25(21)30/h5,7-12,14,16,23,26,28-30H,6,13H2,1-4H3. The lowest BCUT2D eigenvalue weighted by atomic mass is 9.95. The van der Waals surface area contributed by atoms with Crippen molar-refractivity contribution in [3.8, 4) is 17.2 Å². The number of aromatic hydroxyl groups is 3. The Hall–Kier alpha value is -3.05.